The van der Waals surface area contributed by atoms with Gasteiger partial charge in [-0.15, -0.1) is 0 Å². The van der Waals surface area contributed by atoms with Crippen LogP contribution < -0.4 is 9.13 Å². The van der Waals surface area contributed by atoms with Crippen molar-refractivity contribution in [2.75, 3.05) is 5.75 Å². The second kappa shape index (κ2) is 15.5. The van der Waals surface area contributed by atoms with Crippen LogP contribution in [0.4, 0.5) is 0 Å². The molecule has 0 aliphatic rings. The highest BCUT2D eigenvalue weighted by Gasteiger charge is 2.06. The predicted octanol–water partition coefficient (Wildman–Crippen LogP) is 6.56. The molecule has 2 rings (SSSR count). The predicted molar refractivity (Wildman–Crippen MR) is 127 cm³/mol. The zero-order chi connectivity index (χ0) is 20.6. The summed E-state index contributed by atoms with van der Waals surface area (Å²) in [6, 6.07) is 8.98. The topological polar surface area (TPSA) is 7.76 Å². The van der Waals surface area contributed by atoms with Gasteiger partial charge in [-0.05, 0) is 36.1 Å². The average molecular weight is 415 g/mol. The van der Waals surface area contributed by atoms with Crippen LogP contribution in [0, 0.1) is 0 Å². The van der Waals surface area contributed by atoms with Gasteiger partial charge in [0, 0.05) is 37.1 Å². The Labute approximate surface area is 184 Å². The first kappa shape index (κ1) is 23.9. The van der Waals surface area contributed by atoms with Crippen LogP contribution in [-0.4, -0.2) is 5.75 Å². The minimum atomic E-state index is 1.04. The molecule has 0 saturated heterocycles. The lowest BCUT2D eigenvalue weighted by molar-refractivity contribution is -0.697. The van der Waals surface area contributed by atoms with Crippen molar-refractivity contribution in [2.45, 2.75) is 97.1 Å². The Hall–Kier alpha value is -1.35. The molecule has 0 aromatic carbocycles. The standard InChI is InChI=1S/C26H41N2S/c1-2-3-11-18-27-20-14-25(15-21-27)26-16-22-28(23-17-26)19-12-9-7-5-4-6-8-10-13-24-29/h14-17,20-23H,2-13,18-19,24H2,1H3/q+1/p+1. The Kier molecular flexibility index (Phi) is 12.8. The quantitative estimate of drug-likeness (QED) is 0.181. The van der Waals surface area contributed by atoms with E-state index in [-0.39, 0.29) is 0 Å². The van der Waals surface area contributed by atoms with Gasteiger partial charge in [-0.3, -0.25) is 0 Å². The van der Waals surface area contributed by atoms with E-state index in [4.69, 9.17) is 0 Å². The lowest BCUT2D eigenvalue weighted by Crippen LogP contribution is -2.33. The molecule has 2 aromatic rings. The van der Waals surface area contributed by atoms with Crippen molar-refractivity contribution in [3.63, 3.8) is 0 Å². The Morgan fingerprint density at radius 3 is 1.34 bits per heavy atom. The Bertz CT molecular complexity index is 637. The maximum atomic E-state index is 4.27. The molecule has 3 heteroatoms. The molecule has 0 amide bonds. The summed E-state index contributed by atoms with van der Waals surface area (Å²) in [6.45, 7) is 4.51. The highest BCUT2D eigenvalue weighted by molar-refractivity contribution is 7.80. The second-order valence-electron chi connectivity index (χ2n) is 8.26. The van der Waals surface area contributed by atoms with E-state index in [1.165, 1.54) is 88.2 Å². The van der Waals surface area contributed by atoms with E-state index < -0.39 is 0 Å². The van der Waals surface area contributed by atoms with Crippen LogP contribution >= 0.6 is 12.6 Å². The van der Waals surface area contributed by atoms with Crippen LogP contribution in [0.3, 0.4) is 0 Å². The first-order valence-corrected chi connectivity index (χ1v) is 12.6. The summed E-state index contributed by atoms with van der Waals surface area (Å²) in [5.41, 5.74) is 2.61. The molecular formula is C26H42N2S+2. The number of hydrogen-bond donors (Lipinski definition) is 1. The van der Waals surface area contributed by atoms with Crippen molar-refractivity contribution < 1.29 is 9.13 Å². The fourth-order valence-corrected chi connectivity index (χ4v) is 4.01. The summed E-state index contributed by atoms with van der Waals surface area (Å²) < 4.78 is 4.62. The molecule has 0 aliphatic heterocycles. The van der Waals surface area contributed by atoms with E-state index in [1.807, 2.05) is 0 Å². The molecule has 29 heavy (non-hydrogen) atoms. The molecule has 2 nitrogen and oxygen atoms in total. The van der Waals surface area contributed by atoms with Gasteiger partial charge in [-0.25, -0.2) is 9.13 Å². The van der Waals surface area contributed by atoms with Gasteiger partial charge in [0.1, 0.15) is 13.1 Å². The van der Waals surface area contributed by atoms with E-state index in [1.54, 1.807) is 0 Å². The SMILES string of the molecule is CCCCC[n+]1ccc(-c2cc[n+](CCCCCCCCCCCS)cc2)cc1. The van der Waals surface area contributed by atoms with Crippen molar-refractivity contribution in [3.8, 4) is 11.1 Å². The summed E-state index contributed by atoms with van der Waals surface area (Å²) in [5.74, 6) is 1.04. The fraction of sp³-hybridized carbons (Fsp3) is 0.615. The second-order valence-corrected chi connectivity index (χ2v) is 8.71. The van der Waals surface area contributed by atoms with Crippen molar-refractivity contribution in [1.29, 1.82) is 0 Å². The van der Waals surface area contributed by atoms with Gasteiger partial charge < -0.3 is 0 Å². The highest BCUT2D eigenvalue weighted by Crippen LogP contribution is 2.16. The normalized spacial score (nSPS) is 11.1. The average Bonchev–Trinajstić information content (AvgIpc) is 2.76. The van der Waals surface area contributed by atoms with E-state index in [2.05, 4.69) is 77.7 Å². The number of aryl methyl sites for hydroxylation is 2. The zero-order valence-corrected chi connectivity index (χ0v) is 19.5. The number of thiol groups is 1. The Morgan fingerprint density at radius 1 is 0.552 bits per heavy atom. The van der Waals surface area contributed by atoms with Gasteiger partial charge in [0.05, 0.1) is 0 Å². The zero-order valence-electron chi connectivity index (χ0n) is 18.6. The lowest BCUT2D eigenvalue weighted by Gasteiger charge is -2.03. The van der Waals surface area contributed by atoms with Gasteiger partial charge >= 0.3 is 0 Å². The molecule has 0 bridgehead atoms. The smallest absolute Gasteiger partial charge is 0.169 e. The molecule has 0 radical (unpaired) electrons. The minimum Gasteiger partial charge on any atom is -0.205 e. The van der Waals surface area contributed by atoms with Crippen LogP contribution in [0.1, 0.15) is 84.0 Å². The first-order chi connectivity index (χ1) is 14.3. The molecule has 0 saturated carbocycles. The number of rotatable bonds is 16. The van der Waals surface area contributed by atoms with E-state index in [9.17, 15) is 0 Å². The number of hydrogen-bond acceptors (Lipinski definition) is 1. The molecule has 2 heterocycles. The highest BCUT2D eigenvalue weighted by atomic mass is 32.1. The van der Waals surface area contributed by atoms with Crippen LogP contribution in [0.25, 0.3) is 11.1 Å². The van der Waals surface area contributed by atoms with Gasteiger partial charge in [0.15, 0.2) is 24.8 Å². The fourth-order valence-electron chi connectivity index (χ4n) is 3.79. The lowest BCUT2D eigenvalue weighted by atomic mass is 10.1. The largest absolute Gasteiger partial charge is 0.205 e. The molecule has 0 unspecified atom stereocenters. The van der Waals surface area contributed by atoms with Crippen LogP contribution in [-0.2, 0) is 13.1 Å². The summed E-state index contributed by atoms with van der Waals surface area (Å²) in [4.78, 5) is 0. The molecule has 2 aromatic heterocycles. The van der Waals surface area contributed by atoms with E-state index in [0.29, 0.717) is 0 Å². The maximum absolute atomic E-state index is 4.27. The van der Waals surface area contributed by atoms with Crippen molar-refractivity contribution in [3.05, 3.63) is 49.1 Å². The van der Waals surface area contributed by atoms with Gasteiger partial charge in [-0.2, -0.15) is 12.6 Å². The summed E-state index contributed by atoms with van der Waals surface area (Å²) >= 11 is 4.27. The van der Waals surface area contributed by atoms with Crippen molar-refractivity contribution >= 4 is 12.6 Å². The summed E-state index contributed by atoms with van der Waals surface area (Å²) in [7, 11) is 0. The molecule has 0 atom stereocenters. The molecule has 0 N–H and O–H groups in total. The van der Waals surface area contributed by atoms with Crippen LogP contribution in [0.5, 0.6) is 0 Å². The molecule has 160 valence electrons. The Morgan fingerprint density at radius 2 is 0.931 bits per heavy atom. The summed E-state index contributed by atoms with van der Waals surface area (Å²) in [6.07, 6.45) is 25.0. The third-order valence-electron chi connectivity index (χ3n) is 5.71. The van der Waals surface area contributed by atoms with Crippen molar-refractivity contribution in [1.82, 2.24) is 0 Å². The third kappa shape index (κ3) is 10.3. The van der Waals surface area contributed by atoms with Gasteiger partial charge in [0.2, 0.25) is 0 Å². The number of pyridine rings is 2. The molecular weight excluding hydrogens is 372 g/mol. The van der Waals surface area contributed by atoms with Gasteiger partial charge in [0.25, 0.3) is 0 Å². The van der Waals surface area contributed by atoms with Crippen LogP contribution in [0.15, 0.2) is 49.1 Å². The molecule has 0 spiro atoms. The Balaban J connectivity index is 1.62. The molecule has 0 fully saturated rings. The maximum Gasteiger partial charge on any atom is 0.169 e. The number of nitrogens with zero attached hydrogens (tertiary/aromatic N) is 2. The van der Waals surface area contributed by atoms with Crippen LogP contribution in [0.2, 0.25) is 0 Å². The third-order valence-corrected chi connectivity index (χ3v) is 6.03. The number of unbranched alkanes of at least 4 members (excludes halogenated alkanes) is 10. The minimum absolute atomic E-state index is 1.04. The van der Waals surface area contributed by atoms with Crippen molar-refractivity contribution in [2.24, 2.45) is 0 Å². The first-order valence-electron chi connectivity index (χ1n) is 11.9. The van der Waals surface area contributed by atoms with E-state index in [0.717, 1.165) is 18.8 Å². The monoisotopic (exact) mass is 414 g/mol. The summed E-state index contributed by atoms with van der Waals surface area (Å²) in [5, 5.41) is 0. The van der Waals surface area contributed by atoms with E-state index >= 15 is 0 Å². The van der Waals surface area contributed by atoms with Gasteiger partial charge in [-0.1, -0.05) is 51.9 Å². The number of aromatic nitrogens is 2. The molecule has 0 aliphatic carbocycles.